The van der Waals surface area contributed by atoms with Crippen molar-refractivity contribution in [1.29, 1.82) is 0 Å². The first-order chi connectivity index (χ1) is 17.4. The number of rotatable bonds is 8. The highest BCUT2D eigenvalue weighted by atomic mass is 35.5. The molecule has 0 spiro atoms. The van der Waals surface area contributed by atoms with Crippen molar-refractivity contribution in [3.8, 4) is 5.75 Å². The first-order valence-electron chi connectivity index (χ1n) is 11.4. The summed E-state index contributed by atoms with van der Waals surface area (Å²) >= 11 is 6.33. The van der Waals surface area contributed by atoms with Crippen LogP contribution in [0.3, 0.4) is 0 Å². The number of hydrogen-bond donors (Lipinski definition) is 3. The van der Waals surface area contributed by atoms with E-state index in [1.807, 2.05) is 18.2 Å². The normalized spacial score (nSPS) is 13.7. The molecule has 10 nitrogen and oxygen atoms in total. The average Bonchev–Trinajstić information content (AvgIpc) is 2.90. The smallest absolute Gasteiger partial charge is 0.292 e. The Kier molecular flexibility index (Phi) is 7.87. The molecule has 1 aliphatic rings. The summed E-state index contributed by atoms with van der Waals surface area (Å²) in [6.07, 6.45) is 1.46. The van der Waals surface area contributed by atoms with Crippen LogP contribution in [0, 0.1) is 0 Å². The van der Waals surface area contributed by atoms with Gasteiger partial charge in [-0.15, -0.1) is 0 Å². The van der Waals surface area contributed by atoms with E-state index in [-0.39, 0.29) is 16.4 Å². The minimum Gasteiger partial charge on any atom is -0.495 e. The van der Waals surface area contributed by atoms with Gasteiger partial charge < -0.3 is 30.5 Å². The molecule has 0 unspecified atom stereocenters. The van der Waals surface area contributed by atoms with Gasteiger partial charge in [-0.1, -0.05) is 23.7 Å². The molecule has 2 heterocycles. The Morgan fingerprint density at radius 2 is 1.81 bits per heavy atom. The molecule has 0 atom stereocenters. The molecule has 0 bridgehead atoms. The molecule has 3 N–H and O–H groups in total. The summed E-state index contributed by atoms with van der Waals surface area (Å²) in [5.74, 6) is -0.0525. The molecule has 1 amide bonds. The average molecular weight is 510 g/mol. The quantitative estimate of drug-likeness (QED) is 0.311. The van der Waals surface area contributed by atoms with Crippen molar-refractivity contribution in [3.05, 3.63) is 59.2 Å². The van der Waals surface area contributed by atoms with Crippen LogP contribution in [0.15, 0.2) is 48.7 Å². The zero-order chi connectivity index (χ0) is 25.7. The lowest BCUT2D eigenvalue weighted by Crippen LogP contribution is -2.44. The molecular weight excluding hydrogens is 482 g/mol. The number of ketones is 1. The van der Waals surface area contributed by atoms with Crippen molar-refractivity contribution in [1.82, 2.24) is 20.2 Å². The maximum absolute atomic E-state index is 12.5. The molecule has 0 aliphatic carbocycles. The summed E-state index contributed by atoms with van der Waals surface area (Å²) in [5, 5.41) is 8.82. The van der Waals surface area contributed by atoms with Crippen LogP contribution >= 0.6 is 11.6 Å². The monoisotopic (exact) mass is 509 g/mol. The Morgan fingerprint density at radius 3 is 2.53 bits per heavy atom. The Labute approximate surface area is 214 Å². The number of amides is 1. The van der Waals surface area contributed by atoms with Crippen molar-refractivity contribution in [2.45, 2.75) is 0 Å². The van der Waals surface area contributed by atoms with E-state index in [2.05, 4.69) is 42.8 Å². The maximum Gasteiger partial charge on any atom is 0.292 e. The van der Waals surface area contributed by atoms with Crippen LogP contribution in [-0.4, -0.2) is 73.9 Å². The molecule has 1 aliphatic heterocycles. The first-order valence-corrected chi connectivity index (χ1v) is 11.8. The number of anilines is 5. The molecule has 3 aromatic rings. The highest BCUT2D eigenvalue weighted by Gasteiger charge is 2.20. The third-order valence-corrected chi connectivity index (χ3v) is 6.16. The van der Waals surface area contributed by atoms with Crippen LogP contribution in [0.1, 0.15) is 10.4 Å². The predicted octanol–water partition coefficient (Wildman–Crippen LogP) is 3.31. The molecule has 1 saturated heterocycles. The summed E-state index contributed by atoms with van der Waals surface area (Å²) in [6, 6.07) is 12.5. The lowest BCUT2D eigenvalue weighted by molar-refractivity contribution is -0.116. The van der Waals surface area contributed by atoms with Crippen molar-refractivity contribution < 1.29 is 14.3 Å². The van der Waals surface area contributed by atoms with E-state index in [1.165, 1.54) is 13.2 Å². The van der Waals surface area contributed by atoms with E-state index in [9.17, 15) is 9.59 Å². The number of halogens is 1. The van der Waals surface area contributed by atoms with E-state index in [0.717, 1.165) is 43.3 Å². The maximum atomic E-state index is 12.5. The standard InChI is InChI=1S/C25H28ClN7O3/c1-27-24(35)22(34)17-6-4-5-7-19(17)30-23-18(26)15-28-25(31-23)29-16-8-9-20(21(14-16)36-3)33-12-10-32(2)11-13-33/h4-9,14-15H,10-13H2,1-3H3,(H,27,35)(H2,28,29,30,31). The Bertz CT molecular complexity index is 1260. The summed E-state index contributed by atoms with van der Waals surface area (Å²) in [7, 11) is 5.18. The predicted molar refractivity (Wildman–Crippen MR) is 141 cm³/mol. The SMILES string of the molecule is CNC(=O)C(=O)c1ccccc1Nc1nc(Nc2ccc(N3CCN(C)CC3)c(OC)c2)ncc1Cl. The van der Waals surface area contributed by atoms with Gasteiger partial charge in [-0.2, -0.15) is 4.98 Å². The van der Waals surface area contributed by atoms with Crippen molar-refractivity contribution >= 4 is 52.1 Å². The number of carbonyl (C=O) groups excluding carboxylic acids is 2. The number of methoxy groups -OCH3 is 1. The second-order valence-electron chi connectivity index (χ2n) is 8.27. The third-order valence-electron chi connectivity index (χ3n) is 5.88. The lowest BCUT2D eigenvalue weighted by Gasteiger charge is -2.34. The molecule has 2 aromatic carbocycles. The third kappa shape index (κ3) is 5.67. The van der Waals surface area contributed by atoms with Crippen LogP contribution in [0.2, 0.25) is 5.02 Å². The molecule has 36 heavy (non-hydrogen) atoms. The minimum absolute atomic E-state index is 0.199. The Hall–Kier alpha value is -3.89. The Balaban J connectivity index is 1.55. The van der Waals surface area contributed by atoms with Gasteiger partial charge in [0.1, 0.15) is 10.8 Å². The van der Waals surface area contributed by atoms with E-state index < -0.39 is 11.7 Å². The number of aromatic nitrogens is 2. The number of para-hydroxylation sites is 1. The molecule has 0 radical (unpaired) electrons. The minimum atomic E-state index is -0.714. The van der Waals surface area contributed by atoms with Gasteiger partial charge in [-0.05, 0) is 31.3 Å². The number of ether oxygens (including phenoxy) is 1. The molecule has 188 valence electrons. The number of hydrogen-bond acceptors (Lipinski definition) is 9. The van der Waals surface area contributed by atoms with Gasteiger partial charge in [-0.25, -0.2) is 4.98 Å². The van der Waals surface area contributed by atoms with Gasteiger partial charge in [0, 0.05) is 45.0 Å². The van der Waals surface area contributed by atoms with Gasteiger partial charge >= 0.3 is 0 Å². The number of nitrogens with one attached hydrogen (secondary N) is 3. The summed E-state index contributed by atoms with van der Waals surface area (Å²) in [4.78, 5) is 37.7. The van der Waals surface area contributed by atoms with Gasteiger partial charge in [0.2, 0.25) is 5.95 Å². The Morgan fingerprint density at radius 1 is 1.06 bits per heavy atom. The van der Waals surface area contributed by atoms with Crippen LogP contribution in [0.4, 0.5) is 28.8 Å². The molecule has 1 fully saturated rings. The second kappa shape index (κ2) is 11.2. The number of Topliss-reactive ketones (excluding diaryl/α,β-unsaturated/α-hetero) is 1. The van der Waals surface area contributed by atoms with Gasteiger partial charge in [-0.3, -0.25) is 9.59 Å². The molecule has 11 heteroatoms. The van der Waals surface area contributed by atoms with Crippen molar-refractivity contribution in [2.24, 2.45) is 0 Å². The van der Waals surface area contributed by atoms with Crippen LogP contribution < -0.4 is 25.6 Å². The topological polar surface area (TPSA) is 112 Å². The zero-order valence-electron chi connectivity index (χ0n) is 20.3. The zero-order valence-corrected chi connectivity index (χ0v) is 21.1. The van der Waals surface area contributed by atoms with E-state index in [4.69, 9.17) is 16.3 Å². The number of piperazine rings is 1. The van der Waals surface area contributed by atoms with Crippen LogP contribution in [0.25, 0.3) is 0 Å². The van der Waals surface area contributed by atoms with Gasteiger partial charge in [0.15, 0.2) is 5.82 Å². The highest BCUT2D eigenvalue weighted by molar-refractivity contribution is 6.44. The largest absolute Gasteiger partial charge is 0.495 e. The molecular formula is C25H28ClN7O3. The number of benzene rings is 2. The molecule has 1 aromatic heterocycles. The van der Waals surface area contributed by atoms with Crippen LogP contribution in [-0.2, 0) is 4.79 Å². The number of likely N-dealkylation sites (N-methyl/N-ethyl adjacent to an activating group) is 2. The fourth-order valence-electron chi connectivity index (χ4n) is 3.86. The first kappa shape index (κ1) is 25.2. The van der Waals surface area contributed by atoms with Gasteiger partial charge in [0.25, 0.3) is 11.7 Å². The molecule has 0 saturated carbocycles. The van der Waals surface area contributed by atoms with E-state index >= 15 is 0 Å². The number of nitrogens with zero attached hydrogens (tertiary/aromatic N) is 4. The van der Waals surface area contributed by atoms with Gasteiger partial charge in [0.05, 0.1) is 30.2 Å². The number of carbonyl (C=O) groups is 2. The second-order valence-corrected chi connectivity index (χ2v) is 8.68. The highest BCUT2D eigenvalue weighted by Crippen LogP contribution is 2.33. The summed E-state index contributed by atoms with van der Waals surface area (Å²) < 4.78 is 5.66. The fourth-order valence-corrected chi connectivity index (χ4v) is 4.00. The van der Waals surface area contributed by atoms with Crippen molar-refractivity contribution in [2.75, 3.05) is 62.9 Å². The van der Waals surface area contributed by atoms with E-state index in [0.29, 0.717) is 11.6 Å². The van der Waals surface area contributed by atoms with E-state index in [1.54, 1.807) is 31.4 Å². The fraction of sp³-hybridized carbons (Fsp3) is 0.280. The summed E-state index contributed by atoms with van der Waals surface area (Å²) in [5.41, 5.74) is 2.38. The lowest BCUT2D eigenvalue weighted by atomic mass is 10.1. The van der Waals surface area contributed by atoms with Crippen LogP contribution in [0.5, 0.6) is 5.75 Å². The molecule has 4 rings (SSSR count). The summed E-state index contributed by atoms with van der Waals surface area (Å²) in [6.45, 7) is 3.85. The van der Waals surface area contributed by atoms with Crippen molar-refractivity contribution in [3.63, 3.8) is 0 Å².